The largest absolute Gasteiger partial charge is 0.416 e. The monoisotopic (exact) mass is 463 g/mol. The maximum absolute atomic E-state index is 12.8. The molecule has 0 aliphatic carbocycles. The zero-order valence-corrected chi connectivity index (χ0v) is 18.6. The normalized spacial score (nSPS) is 11.4. The van der Waals surface area contributed by atoms with Gasteiger partial charge in [0.15, 0.2) is 0 Å². The zero-order chi connectivity index (χ0) is 24.1. The number of benzene rings is 3. The standard InChI is InChI=1S/C27H24F3N3O/c1-31-26(34)16-15-24-17-25(33(32-24)18-19-5-3-2-4-6-19)22-9-7-20(8-10-22)21-11-13-23(14-12-21)27(28,29)30/h2-14,17H,15-16,18H2,1H3,(H,31,34). The first-order valence-corrected chi connectivity index (χ1v) is 10.9. The molecular weight excluding hydrogens is 439 g/mol. The Kier molecular flexibility index (Phi) is 6.82. The molecule has 0 bridgehead atoms. The number of carbonyl (C=O) groups excluding carboxylic acids is 1. The lowest BCUT2D eigenvalue weighted by Gasteiger charge is -2.10. The van der Waals surface area contributed by atoms with E-state index < -0.39 is 11.7 Å². The van der Waals surface area contributed by atoms with Crippen LogP contribution in [0.5, 0.6) is 0 Å². The zero-order valence-electron chi connectivity index (χ0n) is 18.6. The molecule has 4 rings (SSSR count). The van der Waals surface area contributed by atoms with Crippen LogP contribution in [-0.4, -0.2) is 22.7 Å². The summed E-state index contributed by atoms with van der Waals surface area (Å²) in [5, 5.41) is 7.36. The van der Waals surface area contributed by atoms with Crippen molar-refractivity contribution in [3.05, 3.63) is 102 Å². The summed E-state index contributed by atoms with van der Waals surface area (Å²) in [6.45, 7) is 0.580. The van der Waals surface area contributed by atoms with Crippen LogP contribution in [0.15, 0.2) is 84.9 Å². The van der Waals surface area contributed by atoms with Crippen molar-refractivity contribution >= 4 is 5.91 Å². The lowest BCUT2D eigenvalue weighted by molar-refractivity contribution is -0.137. The average Bonchev–Trinajstić information content (AvgIpc) is 3.25. The van der Waals surface area contributed by atoms with E-state index in [9.17, 15) is 18.0 Å². The molecule has 4 nitrogen and oxygen atoms in total. The molecule has 34 heavy (non-hydrogen) atoms. The Morgan fingerprint density at radius 3 is 2.06 bits per heavy atom. The summed E-state index contributed by atoms with van der Waals surface area (Å²) in [4.78, 5) is 11.7. The number of alkyl halides is 3. The molecule has 0 aliphatic heterocycles. The lowest BCUT2D eigenvalue weighted by atomic mass is 10.0. The Bertz CT molecular complexity index is 1250. The third-order valence-corrected chi connectivity index (χ3v) is 5.62. The highest BCUT2D eigenvalue weighted by Crippen LogP contribution is 2.32. The summed E-state index contributed by atoms with van der Waals surface area (Å²) in [5.41, 5.74) is 4.64. The van der Waals surface area contributed by atoms with Crippen molar-refractivity contribution in [2.24, 2.45) is 0 Å². The SMILES string of the molecule is CNC(=O)CCc1cc(-c2ccc(-c3ccc(C(F)(F)F)cc3)cc2)n(Cc2ccccc2)n1. The molecular formula is C27H24F3N3O. The molecule has 0 saturated heterocycles. The highest BCUT2D eigenvalue weighted by molar-refractivity contribution is 5.76. The smallest absolute Gasteiger partial charge is 0.359 e. The number of hydrogen-bond donors (Lipinski definition) is 1. The number of hydrogen-bond acceptors (Lipinski definition) is 2. The van der Waals surface area contributed by atoms with E-state index >= 15 is 0 Å². The lowest BCUT2D eigenvalue weighted by Crippen LogP contribution is -2.18. The quantitative estimate of drug-likeness (QED) is 0.368. The van der Waals surface area contributed by atoms with Gasteiger partial charge in [0, 0.05) is 19.9 Å². The number of amides is 1. The van der Waals surface area contributed by atoms with Crippen LogP contribution >= 0.6 is 0 Å². The molecule has 174 valence electrons. The van der Waals surface area contributed by atoms with Crippen LogP contribution < -0.4 is 5.32 Å². The fraction of sp³-hybridized carbons (Fsp3) is 0.185. The summed E-state index contributed by atoms with van der Waals surface area (Å²) in [6.07, 6.45) is -3.47. The Morgan fingerprint density at radius 2 is 1.47 bits per heavy atom. The van der Waals surface area contributed by atoms with Crippen LogP contribution in [0.1, 0.15) is 23.2 Å². The molecule has 0 unspecified atom stereocenters. The second-order valence-electron chi connectivity index (χ2n) is 7.99. The van der Waals surface area contributed by atoms with Gasteiger partial charge in [-0.3, -0.25) is 9.48 Å². The Morgan fingerprint density at radius 1 is 0.882 bits per heavy atom. The summed E-state index contributed by atoms with van der Waals surface area (Å²) >= 11 is 0. The maximum atomic E-state index is 12.8. The fourth-order valence-electron chi connectivity index (χ4n) is 3.75. The summed E-state index contributed by atoms with van der Waals surface area (Å²) in [7, 11) is 1.61. The van der Waals surface area contributed by atoms with Crippen LogP contribution in [-0.2, 0) is 23.9 Å². The van der Waals surface area contributed by atoms with E-state index in [0.29, 0.717) is 24.9 Å². The van der Waals surface area contributed by atoms with Gasteiger partial charge in [0.25, 0.3) is 0 Å². The van der Waals surface area contributed by atoms with Crippen molar-refractivity contribution in [3.8, 4) is 22.4 Å². The molecule has 0 fully saturated rings. The highest BCUT2D eigenvalue weighted by atomic mass is 19.4. The second-order valence-corrected chi connectivity index (χ2v) is 7.99. The molecule has 0 saturated carbocycles. The van der Waals surface area contributed by atoms with Gasteiger partial charge in [-0.2, -0.15) is 18.3 Å². The average molecular weight is 464 g/mol. The van der Waals surface area contributed by atoms with Crippen LogP contribution in [0, 0.1) is 0 Å². The van der Waals surface area contributed by atoms with Crippen molar-refractivity contribution in [1.82, 2.24) is 15.1 Å². The molecule has 1 N–H and O–H groups in total. The molecule has 0 aliphatic rings. The van der Waals surface area contributed by atoms with E-state index in [1.807, 2.05) is 65.3 Å². The van der Waals surface area contributed by atoms with Crippen LogP contribution in [0.3, 0.4) is 0 Å². The first-order chi connectivity index (χ1) is 16.3. The molecule has 1 heterocycles. The van der Waals surface area contributed by atoms with Crippen LogP contribution in [0.4, 0.5) is 13.2 Å². The van der Waals surface area contributed by atoms with E-state index in [0.717, 1.165) is 40.2 Å². The minimum Gasteiger partial charge on any atom is -0.359 e. The van der Waals surface area contributed by atoms with Crippen molar-refractivity contribution in [1.29, 1.82) is 0 Å². The summed E-state index contributed by atoms with van der Waals surface area (Å²) in [5.74, 6) is -0.0416. The predicted octanol–water partition coefficient (Wildman–Crippen LogP) is 5.96. The van der Waals surface area contributed by atoms with Gasteiger partial charge < -0.3 is 5.32 Å². The Labute approximate surface area is 196 Å². The van der Waals surface area contributed by atoms with Gasteiger partial charge in [0.2, 0.25) is 5.91 Å². The van der Waals surface area contributed by atoms with E-state index in [2.05, 4.69) is 5.32 Å². The van der Waals surface area contributed by atoms with Gasteiger partial charge in [-0.25, -0.2) is 0 Å². The maximum Gasteiger partial charge on any atom is 0.416 e. The fourth-order valence-corrected chi connectivity index (χ4v) is 3.75. The van der Waals surface area contributed by atoms with Gasteiger partial charge in [0.05, 0.1) is 23.5 Å². The van der Waals surface area contributed by atoms with Gasteiger partial charge in [-0.1, -0.05) is 66.7 Å². The highest BCUT2D eigenvalue weighted by Gasteiger charge is 2.29. The van der Waals surface area contributed by atoms with Crippen molar-refractivity contribution < 1.29 is 18.0 Å². The molecule has 0 atom stereocenters. The first-order valence-electron chi connectivity index (χ1n) is 10.9. The Hall–Kier alpha value is -3.87. The molecule has 1 aromatic heterocycles. The number of nitrogens with one attached hydrogen (secondary N) is 1. The Balaban J connectivity index is 1.61. The molecule has 1 amide bonds. The third kappa shape index (κ3) is 5.54. The number of nitrogens with zero attached hydrogens (tertiary/aromatic N) is 2. The third-order valence-electron chi connectivity index (χ3n) is 5.62. The number of aryl methyl sites for hydroxylation is 1. The molecule has 0 radical (unpaired) electrons. The molecule has 7 heteroatoms. The molecule has 3 aromatic carbocycles. The van der Waals surface area contributed by atoms with Gasteiger partial charge in [0.1, 0.15) is 0 Å². The van der Waals surface area contributed by atoms with E-state index in [1.54, 1.807) is 7.05 Å². The summed E-state index contributed by atoms with van der Waals surface area (Å²) in [6, 6.07) is 24.8. The van der Waals surface area contributed by atoms with Gasteiger partial charge in [-0.15, -0.1) is 0 Å². The van der Waals surface area contributed by atoms with Crippen molar-refractivity contribution in [2.45, 2.75) is 25.6 Å². The summed E-state index contributed by atoms with van der Waals surface area (Å²) < 4.78 is 40.5. The first kappa shape index (κ1) is 23.3. The van der Waals surface area contributed by atoms with E-state index in [-0.39, 0.29) is 5.91 Å². The topological polar surface area (TPSA) is 46.9 Å². The minimum absolute atomic E-state index is 0.0416. The van der Waals surface area contributed by atoms with Gasteiger partial charge >= 0.3 is 6.18 Å². The number of rotatable bonds is 7. The number of carbonyl (C=O) groups is 1. The number of halogens is 3. The van der Waals surface area contributed by atoms with Crippen LogP contribution in [0.25, 0.3) is 22.4 Å². The van der Waals surface area contributed by atoms with Gasteiger partial charge in [-0.05, 0) is 40.5 Å². The predicted molar refractivity (Wildman–Crippen MR) is 126 cm³/mol. The number of aromatic nitrogens is 2. The van der Waals surface area contributed by atoms with Crippen molar-refractivity contribution in [3.63, 3.8) is 0 Å². The second kappa shape index (κ2) is 9.95. The van der Waals surface area contributed by atoms with E-state index in [4.69, 9.17) is 5.10 Å². The van der Waals surface area contributed by atoms with E-state index in [1.165, 1.54) is 12.1 Å². The van der Waals surface area contributed by atoms with Crippen molar-refractivity contribution in [2.75, 3.05) is 7.05 Å². The minimum atomic E-state index is -4.35. The molecule has 4 aromatic rings. The molecule has 0 spiro atoms. The van der Waals surface area contributed by atoms with Crippen LogP contribution in [0.2, 0.25) is 0 Å².